The molecule has 2 aromatic heterocycles. The van der Waals surface area contributed by atoms with Gasteiger partial charge in [-0.3, -0.25) is 4.79 Å². The number of rotatable bonds is 3. The molecule has 0 saturated carbocycles. The van der Waals surface area contributed by atoms with Crippen LogP contribution in [0.2, 0.25) is 0 Å². The standard InChI is InChI=1S/C16H16N4O4S/c21-16(14-2-1-5-17-14)19-6-8-20(9-7-19)25(22,23)12-3-4-13-15(10-12)24-11-18-13/h1-5,10-11,17H,6-9H2. The van der Waals surface area contributed by atoms with E-state index in [4.69, 9.17) is 4.42 Å². The molecular weight excluding hydrogens is 344 g/mol. The average Bonchev–Trinajstić information content (AvgIpc) is 3.32. The maximum absolute atomic E-state index is 12.8. The topological polar surface area (TPSA) is 99.5 Å². The minimum atomic E-state index is -3.63. The Balaban J connectivity index is 1.50. The molecule has 25 heavy (non-hydrogen) atoms. The van der Waals surface area contributed by atoms with Crippen molar-refractivity contribution in [3.63, 3.8) is 0 Å². The second-order valence-corrected chi connectivity index (χ2v) is 7.70. The first kappa shape index (κ1) is 15.9. The number of sulfonamides is 1. The van der Waals surface area contributed by atoms with Gasteiger partial charge < -0.3 is 14.3 Å². The molecule has 1 aliphatic heterocycles. The molecule has 0 spiro atoms. The van der Waals surface area contributed by atoms with Gasteiger partial charge in [-0.2, -0.15) is 4.31 Å². The van der Waals surface area contributed by atoms with Gasteiger partial charge in [0.15, 0.2) is 12.0 Å². The van der Waals surface area contributed by atoms with E-state index < -0.39 is 10.0 Å². The third-order valence-electron chi connectivity index (χ3n) is 4.29. The van der Waals surface area contributed by atoms with Crippen LogP contribution < -0.4 is 0 Å². The van der Waals surface area contributed by atoms with Crippen molar-refractivity contribution >= 4 is 27.0 Å². The minimum absolute atomic E-state index is 0.120. The van der Waals surface area contributed by atoms with Gasteiger partial charge in [0.2, 0.25) is 10.0 Å². The number of carbonyl (C=O) groups is 1. The van der Waals surface area contributed by atoms with Crippen LogP contribution in [0.4, 0.5) is 0 Å². The van der Waals surface area contributed by atoms with E-state index in [9.17, 15) is 13.2 Å². The summed E-state index contributed by atoms with van der Waals surface area (Å²) in [5.74, 6) is -0.120. The van der Waals surface area contributed by atoms with Crippen molar-refractivity contribution in [2.45, 2.75) is 4.90 Å². The van der Waals surface area contributed by atoms with Crippen molar-refractivity contribution in [2.24, 2.45) is 0 Å². The summed E-state index contributed by atoms with van der Waals surface area (Å²) in [7, 11) is -3.63. The smallest absolute Gasteiger partial charge is 0.270 e. The molecule has 1 aliphatic rings. The monoisotopic (exact) mass is 360 g/mol. The number of piperazine rings is 1. The highest BCUT2D eigenvalue weighted by Gasteiger charge is 2.31. The molecule has 3 aromatic rings. The zero-order chi connectivity index (χ0) is 17.4. The van der Waals surface area contributed by atoms with Crippen molar-refractivity contribution < 1.29 is 17.6 Å². The number of aromatic amines is 1. The molecule has 4 rings (SSSR count). The lowest BCUT2D eigenvalue weighted by Crippen LogP contribution is -2.50. The number of oxazole rings is 1. The number of H-pyrrole nitrogens is 1. The van der Waals surface area contributed by atoms with Crippen LogP contribution in [0.25, 0.3) is 11.1 Å². The number of carbonyl (C=O) groups excluding carboxylic acids is 1. The number of nitrogens with one attached hydrogen (secondary N) is 1. The van der Waals surface area contributed by atoms with E-state index in [2.05, 4.69) is 9.97 Å². The summed E-state index contributed by atoms with van der Waals surface area (Å²) in [5.41, 5.74) is 1.55. The molecule has 0 atom stereocenters. The molecule has 0 bridgehead atoms. The average molecular weight is 360 g/mol. The lowest BCUT2D eigenvalue weighted by Gasteiger charge is -2.33. The fourth-order valence-corrected chi connectivity index (χ4v) is 4.35. The number of benzene rings is 1. The molecule has 1 amide bonds. The SMILES string of the molecule is O=C(c1ccc[nH]1)N1CCN(S(=O)(=O)c2ccc3ncoc3c2)CC1. The summed E-state index contributed by atoms with van der Waals surface area (Å²) in [6, 6.07) is 8.09. The van der Waals surface area contributed by atoms with Crippen molar-refractivity contribution in [2.75, 3.05) is 26.2 Å². The molecule has 1 saturated heterocycles. The number of amides is 1. The third kappa shape index (κ3) is 2.81. The maximum Gasteiger partial charge on any atom is 0.270 e. The van der Waals surface area contributed by atoms with Crippen LogP contribution in [0.15, 0.2) is 52.2 Å². The molecular formula is C16H16N4O4S. The maximum atomic E-state index is 12.8. The molecule has 1 fully saturated rings. The van der Waals surface area contributed by atoms with Crippen molar-refractivity contribution in [3.05, 3.63) is 48.6 Å². The summed E-state index contributed by atoms with van der Waals surface area (Å²) < 4.78 is 32.2. The third-order valence-corrected chi connectivity index (χ3v) is 6.19. The highest BCUT2D eigenvalue weighted by molar-refractivity contribution is 7.89. The Bertz CT molecular complexity index is 1000. The molecule has 8 nitrogen and oxygen atoms in total. The van der Waals surface area contributed by atoms with Gasteiger partial charge in [0.25, 0.3) is 5.91 Å². The van der Waals surface area contributed by atoms with Crippen LogP contribution in [0.1, 0.15) is 10.5 Å². The fraction of sp³-hybridized carbons (Fsp3) is 0.250. The summed E-state index contributed by atoms with van der Waals surface area (Å²) in [4.78, 5) is 21.0. The zero-order valence-electron chi connectivity index (χ0n) is 13.3. The lowest BCUT2D eigenvalue weighted by atomic mass is 10.3. The van der Waals surface area contributed by atoms with Gasteiger partial charge >= 0.3 is 0 Å². The van der Waals surface area contributed by atoms with Gasteiger partial charge in [-0.05, 0) is 24.3 Å². The number of hydrogen-bond donors (Lipinski definition) is 1. The van der Waals surface area contributed by atoms with E-state index in [1.807, 2.05) is 0 Å². The van der Waals surface area contributed by atoms with Crippen LogP contribution in [-0.4, -0.2) is 59.7 Å². The first-order valence-corrected chi connectivity index (χ1v) is 9.26. The van der Waals surface area contributed by atoms with Gasteiger partial charge in [0, 0.05) is 38.4 Å². The highest BCUT2D eigenvalue weighted by atomic mass is 32.2. The van der Waals surface area contributed by atoms with Gasteiger partial charge in [-0.15, -0.1) is 0 Å². The molecule has 3 heterocycles. The highest BCUT2D eigenvalue weighted by Crippen LogP contribution is 2.22. The number of fused-ring (bicyclic) bond motifs is 1. The predicted molar refractivity (Wildman–Crippen MR) is 89.5 cm³/mol. The number of hydrogen-bond acceptors (Lipinski definition) is 5. The number of nitrogens with zero attached hydrogens (tertiary/aromatic N) is 3. The molecule has 0 radical (unpaired) electrons. The summed E-state index contributed by atoms with van der Waals surface area (Å²) >= 11 is 0. The van der Waals surface area contributed by atoms with Crippen LogP contribution >= 0.6 is 0 Å². The lowest BCUT2D eigenvalue weighted by molar-refractivity contribution is 0.0692. The summed E-state index contributed by atoms with van der Waals surface area (Å²) in [6.07, 6.45) is 2.97. The van der Waals surface area contributed by atoms with Crippen LogP contribution in [0.5, 0.6) is 0 Å². The van der Waals surface area contributed by atoms with E-state index >= 15 is 0 Å². The Labute approximate surface area is 144 Å². The van der Waals surface area contributed by atoms with Gasteiger partial charge in [-0.1, -0.05) is 0 Å². The molecule has 0 unspecified atom stereocenters. The molecule has 9 heteroatoms. The van der Waals surface area contributed by atoms with Crippen LogP contribution in [0.3, 0.4) is 0 Å². The summed E-state index contributed by atoms with van der Waals surface area (Å²) in [6.45, 7) is 1.20. The number of aromatic nitrogens is 2. The Morgan fingerprint density at radius 1 is 1.16 bits per heavy atom. The van der Waals surface area contributed by atoms with Gasteiger partial charge in [0.05, 0.1) is 4.90 Å². The van der Waals surface area contributed by atoms with Crippen LogP contribution in [0, 0.1) is 0 Å². The second kappa shape index (κ2) is 6.01. The van der Waals surface area contributed by atoms with E-state index in [0.29, 0.717) is 29.9 Å². The predicted octanol–water partition coefficient (Wildman–Crippen LogP) is 1.30. The normalized spacial score (nSPS) is 16.4. The van der Waals surface area contributed by atoms with E-state index in [1.54, 1.807) is 29.3 Å². The van der Waals surface area contributed by atoms with Crippen molar-refractivity contribution in [3.8, 4) is 0 Å². The largest absolute Gasteiger partial charge is 0.443 e. The Kier molecular flexibility index (Phi) is 3.81. The Morgan fingerprint density at radius 3 is 2.68 bits per heavy atom. The second-order valence-electron chi connectivity index (χ2n) is 5.76. The first-order chi connectivity index (χ1) is 12.1. The molecule has 0 aliphatic carbocycles. The zero-order valence-corrected chi connectivity index (χ0v) is 14.1. The Hall–Kier alpha value is -2.65. The molecule has 1 N–H and O–H groups in total. The minimum Gasteiger partial charge on any atom is -0.443 e. The first-order valence-electron chi connectivity index (χ1n) is 7.82. The van der Waals surface area contributed by atoms with Gasteiger partial charge in [-0.25, -0.2) is 13.4 Å². The van der Waals surface area contributed by atoms with E-state index in [1.165, 1.54) is 22.8 Å². The van der Waals surface area contributed by atoms with Gasteiger partial charge in [0.1, 0.15) is 11.2 Å². The van der Waals surface area contributed by atoms with E-state index in [-0.39, 0.29) is 23.9 Å². The van der Waals surface area contributed by atoms with E-state index in [0.717, 1.165) is 0 Å². The quantitative estimate of drug-likeness (QED) is 0.759. The molecule has 1 aromatic carbocycles. The van der Waals surface area contributed by atoms with Crippen LogP contribution in [-0.2, 0) is 10.0 Å². The van der Waals surface area contributed by atoms with Crippen molar-refractivity contribution in [1.82, 2.24) is 19.2 Å². The fourth-order valence-electron chi connectivity index (χ4n) is 2.91. The molecule has 130 valence electrons. The van der Waals surface area contributed by atoms with Crippen molar-refractivity contribution in [1.29, 1.82) is 0 Å². The Morgan fingerprint density at radius 2 is 1.96 bits per heavy atom. The summed E-state index contributed by atoms with van der Waals surface area (Å²) in [5, 5.41) is 0.